The molecule has 3 aliphatic rings. The minimum atomic E-state index is -0.774. The fourth-order valence-corrected chi connectivity index (χ4v) is 6.96. The lowest BCUT2D eigenvalue weighted by Crippen LogP contribution is -2.27. The number of hydrogen-bond acceptors (Lipinski definition) is 5. The van der Waals surface area contributed by atoms with E-state index >= 15 is 0 Å². The fourth-order valence-electron chi connectivity index (χ4n) is 6.96. The number of rotatable bonds is 13. The van der Waals surface area contributed by atoms with E-state index in [2.05, 4.69) is 16.4 Å². The van der Waals surface area contributed by atoms with Crippen molar-refractivity contribution < 1.29 is 23.8 Å². The van der Waals surface area contributed by atoms with E-state index in [-0.39, 0.29) is 36.4 Å². The summed E-state index contributed by atoms with van der Waals surface area (Å²) in [7, 11) is 0. The number of aliphatic carboxylic acids is 1. The molecule has 38 heavy (non-hydrogen) atoms. The zero-order chi connectivity index (χ0) is 26.3. The third-order valence-electron chi connectivity index (χ3n) is 8.99. The van der Waals surface area contributed by atoms with Gasteiger partial charge in [0.05, 0.1) is 18.1 Å². The Bertz CT molecular complexity index is 1080. The van der Waals surface area contributed by atoms with Gasteiger partial charge in [-0.25, -0.2) is 4.98 Å². The maximum absolute atomic E-state index is 12.7. The largest absolute Gasteiger partial charge is 0.481 e. The average molecular weight is 523 g/mol. The van der Waals surface area contributed by atoms with Gasteiger partial charge in [0.2, 0.25) is 5.89 Å². The first-order valence-corrected chi connectivity index (χ1v) is 14.8. The first-order valence-electron chi connectivity index (χ1n) is 14.8. The molecule has 2 aromatic rings. The Hall–Kier alpha value is -2.67. The highest BCUT2D eigenvalue weighted by atomic mass is 16.5. The smallest absolute Gasteiger partial charge is 0.303 e. The van der Waals surface area contributed by atoms with E-state index in [1.165, 1.54) is 56.8 Å². The number of amides is 1. The summed E-state index contributed by atoms with van der Waals surface area (Å²) in [6.45, 7) is 0.675. The molecule has 1 saturated carbocycles. The molecule has 206 valence electrons. The Balaban J connectivity index is 1.14. The number of carboxylic acids is 1. The van der Waals surface area contributed by atoms with Crippen LogP contribution in [0.15, 0.2) is 34.9 Å². The number of oxazole rings is 1. The zero-order valence-electron chi connectivity index (χ0n) is 22.4. The number of benzene rings is 1. The minimum absolute atomic E-state index is 0.0528. The van der Waals surface area contributed by atoms with E-state index in [0.717, 1.165) is 43.6 Å². The molecule has 3 fully saturated rings. The molecule has 0 spiro atoms. The number of ether oxygens (including phenoxy) is 1. The number of aryl methyl sites for hydroxylation is 2. The van der Waals surface area contributed by atoms with E-state index in [0.29, 0.717) is 24.6 Å². The lowest BCUT2D eigenvalue weighted by atomic mass is 9.76. The summed E-state index contributed by atoms with van der Waals surface area (Å²) in [6.07, 6.45) is 16.6. The second-order valence-corrected chi connectivity index (χ2v) is 11.5. The van der Waals surface area contributed by atoms with E-state index in [9.17, 15) is 9.59 Å². The highest BCUT2D eigenvalue weighted by molar-refractivity contribution is 5.91. The summed E-state index contributed by atoms with van der Waals surface area (Å²) < 4.78 is 12.2. The molecule has 2 N–H and O–H groups in total. The van der Waals surface area contributed by atoms with Crippen molar-refractivity contribution in [2.45, 2.75) is 108 Å². The van der Waals surface area contributed by atoms with Gasteiger partial charge in [0.15, 0.2) is 5.69 Å². The Morgan fingerprint density at radius 1 is 0.947 bits per heavy atom. The summed E-state index contributed by atoms with van der Waals surface area (Å²) in [4.78, 5) is 28.4. The molecule has 5 rings (SSSR count). The second kappa shape index (κ2) is 12.9. The predicted molar refractivity (Wildman–Crippen MR) is 144 cm³/mol. The van der Waals surface area contributed by atoms with Gasteiger partial charge in [-0.3, -0.25) is 9.59 Å². The van der Waals surface area contributed by atoms with Crippen molar-refractivity contribution in [3.8, 4) is 0 Å². The number of hydrogen-bond donors (Lipinski definition) is 2. The predicted octanol–water partition coefficient (Wildman–Crippen LogP) is 6.07. The lowest BCUT2D eigenvalue weighted by Gasteiger charge is -2.26. The number of carbonyl (C=O) groups excluding carboxylic acids is 1. The van der Waals surface area contributed by atoms with Crippen molar-refractivity contribution in [3.63, 3.8) is 0 Å². The maximum Gasteiger partial charge on any atom is 0.303 e. The Labute approximate surface area is 225 Å². The monoisotopic (exact) mass is 522 g/mol. The summed E-state index contributed by atoms with van der Waals surface area (Å²) >= 11 is 0. The number of aromatic nitrogens is 1. The lowest BCUT2D eigenvalue weighted by molar-refractivity contribution is -0.136. The SMILES string of the molecule is O=C(O)CCc1ccccc1CC[C@@H]1[C@H](c2nc(C(=O)NCCCCC3CCCCC3)co2)[C@H]2CC[C@@H]1O2. The number of unbranched alkanes of at least 4 members (excludes halogenated alkanes) is 1. The van der Waals surface area contributed by atoms with Crippen molar-refractivity contribution in [2.24, 2.45) is 11.8 Å². The fraction of sp³-hybridized carbons (Fsp3) is 0.645. The molecule has 1 amide bonds. The summed E-state index contributed by atoms with van der Waals surface area (Å²) in [5.74, 6) is 0.888. The third-order valence-corrected chi connectivity index (χ3v) is 8.99. The molecule has 2 saturated heterocycles. The molecule has 7 heteroatoms. The molecule has 7 nitrogen and oxygen atoms in total. The van der Waals surface area contributed by atoms with Crippen LogP contribution in [0.1, 0.15) is 110 Å². The molecule has 3 heterocycles. The number of carbonyl (C=O) groups is 2. The van der Waals surface area contributed by atoms with Crippen molar-refractivity contribution in [1.82, 2.24) is 10.3 Å². The molecule has 4 atom stereocenters. The van der Waals surface area contributed by atoms with Gasteiger partial charge in [0.1, 0.15) is 6.26 Å². The molecule has 2 aliphatic heterocycles. The van der Waals surface area contributed by atoms with E-state index in [1.54, 1.807) is 0 Å². The normalized spacial score (nSPS) is 25.1. The highest BCUT2D eigenvalue weighted by Crippen LogP contribution is 2.50. The van der Waals surface area contributed by atoms with Crippen LogP contribution in [0.5, 0.6) is 0 Å². The van der Waals surface area contributed by atoms with Crippen LogP contribution in [0.25, 0.3) is 0 Å². The molecule has 2 bridgehead atoms. The summed E-state index contributed by atoms with van der Waals surface area (Å²) in [5, 5.41) is 12.1. The van der Waals surface area contributed by atoms with Gasteiger partial charge in [0, 0.05) is 13.0 Å². The maximum atomic E-state index is 12.7. The van der Waals surface area contributed by atoms with Crippen LogP contribution in [0, 0.1) is 11.8 Å². The Morgan fingerprint density at radius 2 is 1.71 bits per heavy atom. The van der Waals surface area contributed by atoms with Crippen molar-refractivity contribution in [2.75, 3.05) is 6.54 Å². The van der Waals surface area contributed by atoms with Crippen molar-refractivity contribution in [1.29, 1.82) is 0 Å². The van der Waals surface area contributed by atoms with E-state index in [4.69, 9.17) is 14.3 Å². The molecule has 0 unspecified atom stereocenters. The Kier molecular flexibility index (Phi) is 9.15. The van der Waals surface area contributed by atoms with Crippen molar-refractivity contribution in [3.05, 3.63) is 53.2 Å². The number of fused-ring (bicyclic) bond motifs is 2. The zero-order valence-corrected chi connectivity index (χ0v) is 22.4. The van der Waals surface area contributed by atoms with Gasteiger partial charge in [-0.15, -0.1) is 0 Å². The topological polar surface area (TPSA) is 102 Å². The van der Waals surface area contributed by atoms with Crippen LogP contribution >= 0.6 is 0 Å². The first-order chi connectivity index (χ1) is 18.6. The van der Waals surface area contributed by atoms with Gasteiger partial charge in [-0.1, -0.05) is 69.2 Å². The molecule has 1 aromatic heterocycles. The highest BCUT2D eigenvalue weighted by Gasteiger charge is 2.51. The average Bonchev–Trinajstić information content (AvgIpc) is 3.68. The number of carboxylic acid groups (broad SMARTS) is 1. The van der Waals surface area contributed by atoms with Gasteiger partial charge >= 0.3 is 5.97 Å². The van der Waals surface area contributed by atoms with E-state index < -0.39 is 5.97 Å². The summed E-state index contributed by atoms with van der Waals surface area (Å²) in [5.41, 5.74) is 2.66. The van der Waals surface area contributed by atoms with Crippen LogP contribution in [0.4, 0.5) is 0 Å². The first kappa shape index (κ1) is 26.9. The second-order valence-electron chi connectivity index (χ2n) is 11.5. The van der Waals surface area contributed by atoms with Crippen molar-refractivity contribution >= 4 is 11.9 Å². The summed E-state index contributed by atoms with van der Waals surface area (Å²) in [6, 6.07) is 8.12. The van der Waals surface area contributed by atoms with Crippen LogP contribution in [-0.4, -0.2) is 40.7 Å². The van der Waals surface area contributed by atoms with Gasteiger partial charge < -0.3 is 19.6 Å². The van der Waals surface area contributed by atoms with Crippen LogP contribution in [0.3, 0.4) is 0 Å². The van der Waals surface area contributed by atoms with Crippen LogP contribution in [0.2, 0.25) is 0 Å². The standard InChI is InChI=1S/C31H42N2O5/c34-28(35)18-14-23-12-5-4-11-22(23)13-15-24-26-16-17-27(38-26)29(24)31-33-25(20-37-31)30(36)32-19-7-6-10-21-8-2-1-3-9-21/h4-5,11-12,20-21,24,26-27,29H,1-3,6-10,13-19H2,(H,32,36)(H,34,35)/t24-,26-,27+,29-/m0/s1. The molecular formula is C31H42N2O5. The van der Waals surface area contributed by atoms with E-state index in [1.807, 2.05) is 18.2 Å². The van der Waals surface area contributed by atoms with Crippen LogP contribution in [-0.2, 0) is 22.4 Å². The minimum Gasteiger partial charge on any atom is -0.481 e. The number of nitrogens with zero attached hydrogens (tertiary/aromatic N) is 1. The number of nitrogens with one attached hydrogen (secondary N) is 1. The quantitative estimate of drug-likeness (QED) is 0.310. The molecule has 0 radical (unpaired) electrons. The Morgan fingerprint density at radius 3 is 2.50 bits per heavy atom. The van der Waals surface area contributed by atoms with Gasteiger partial charge in [-0.05, 0) is 61.5 Å². The molecular weight excluding hydrogens is 480 g/mol. The van der Waals surface area contributed by atoms with Crippen LogP contribution < -0.4 is 5.32 Å². The van der Waals surface area contributed by atoms with Gasteiger partial charge in [0.25, 0.3) is 5.91 Å². The third kappa shape index (κ3) is 6.66. The molecule has 1 aliphatic carbocycles. The van der Waals surface area contributed by atoms with Gasteiger partial charge in [-0.2, -0.15) is 0 Å². The molecule has 1 aromatic carbocycles.